The molecule has 3 rings (SSSR count). The molecule has 22 heavy (non-hydrogen) atoms. The Morgan fingerprint density at radius 3 is 2.41 bits per heavy atom. The van der Waals surface area contributed by atoms with Gasteiger partial charge in [0.2, 0.25) is 0 Å². The van der Waals surface area contributed by atoms with E-state index in [1.54, 1.807) is 0 Å². The first kappa shape index (κ1) is 15.0. The van der Waals surface area contributed by atoms with E-state index in [4.69, 9.17) is 5.73 Å². The molecular weight excluding hydrogens is 272 g/mol. The molecule has 1 saturated carbocycles. The Kier molecular flexibility index (Phi) is 4.44. The largest absolute Gasteiger partial charge is 0.320 e. The maximum Gasteiger partial charge on any atom is 0.256 e. The maximum absolute atomic E-state index is 13.0. The Bertz CT molecular complexity index is 684. The lowest BCUT2D eigenvalue weighted by Crippen LogP contribution is -2.33. The zero-order valence-electron chi connectivity index (χ0n) is 13.2. The number of benzene rings is 1. The van der Waals surface area contributed by atoms with Gasteiger partial charge < -0.3 is 10.3 Å². The Morgan fingerprint density at radius 1 is 1.05 bits per heavy atom. The van der Waals surface area contributed by atoms with Crippen molar-refractivity contribution in [2.45, 2.75) is 51.1 Å². The van der Waals surface area contributed by atoms with Crippen molar-refractivity contribution in [1.82, 2.24) is 4.57 Å². The maximum atomic E-state index is 13.0. The Labute approximate surface area is 131 Å². The molecule has 1 aliphatic carbocycles. The van der Waals surface area contributed by atoms with Gasteiger partial charge in [-0.25, -0.2) is 0 Å². The first-order chi connectivity index (χ1) is 10.7. The molecule has 0 amide bonds. The number of nitrogens with zero attached hydrogens (tertiary/aromatic N) is 1. The fourth-order valence-corrected chi connectivity index (χ4v) is 3.53. The van der Waals surface area contributed by atoms with Gasteiger partial charge in [0.15, 0.2) is 0 Å². The number of pyridine rings is 1. The van der Waals surface area contributed by atoms with Crippen molar-refractivity contribution in [1.29, 1.82) is 0 Å². The van der Waals surface area contributed by atoms with Gasteiger partial charge in [-0.05, 0) is 37.5 Å². The van der Waals surface area contributed by atoms with Crippen LogP contribution in [-0.4, -0.2) is 4.57 Å². The number of hydrogen-bond acceptors (Lipinski definition) is 2. The first-order valence-electron chi connectivity index (χ1n) is 8.21. The summed E-state index contributed by atoms with van der Waals surface area (Å²) >= 11 is 0. The van der Waals surface area contributed by atoms with E-state index in [0.717, 1.165) is 24.1 Å². The molecule has 1 unspecified atom stereocenters. The molecule has 1 atom stereocenters. The summed E-state index contributed by atoms with van der Waals surface area (Å²) in [5, 5.41) is 0. The average Bonchev–Trinajstić information content (AvgIpc) is 2.56. The van der Waals surface area contributed by atoms with Gasteiger partial charge in [0, 0.05) is 17.3 Å². The Morgan fingerprint density at radius 2 is 1.73 bits per heavy atom. The van der Waals surface area contributed by atoms with Crippen molar-refractivity contribution in [2.75, 3.05) is 0 Å². The zero-order valence-corrected chi connectivity index (χ0v) is 13.2. The molecule has 0 radical (unpaired) electrons. The van der Waals surface area contributed by atoms with E-state index in [0.29, 0.717) is 11.6 Å². The number of rotatable bonds is 3. The van der Waals surface area contributed by atoms with Crippen LogP contribution in [0.2, 0.25) is 0 Å². The quantitative estimate of drug-likeness (QED) is 0.938. The topological polar surface area (TPSA) is 48.0 Å². The Hall–Kier alpha value is -1.87. The van der Waals surface area contributed by atoms with Crippen LogP contribution in [0.4, 0.5) is 0 Å². The monoisotopic (exact) mass is 296 g/mol. The van der Waals surface area contributed by atoms with Gasteiger partial charge in [0.1, 0.15) is 0 Å². The van der Waals surface area contributed by atoms with Crippen LogP contribution in [0.5, 0.6) is 0 Å². The van der Waals surface area contributed by atoms with Crippen LogP contribution in [-0.2, 0) is 0 Å². The molecule has 0 bridgehead atoms. The number of aryl methyl sites for hydroxylation is 1. The highest BCUT2D eigenvalue weighted by Crippen LogP contribution is 2.28. The molecule has 1 aliphatic rings. The van der Waals surface area contributed by atoms with Gasteiger partial charge in [-0.3, -0.25) is 4.79 Å². The second-order valence-electron chi connectivity index (χ2n) is 6.29. The molecule has 116 valence electrons. The molecule has 1 aromatic carbocycles. The van der Waals surface area contributed by atoms with E-state index in [1.165, 1.54) is 19.3 Å². The van der Waals surface area contributed by atoms with Crippen molar-refractivity contribution in [3.05, 3.63) is 69.6 Å². The molecule has 0 spiro atoms. The minimum atomic E-state index is -0.357. The third-order valence-corrected chi connectivity index (χ3v) is 4.78. The first-order valence-corrected chi connectivity index (χ1v) is 8.21. The summed E-state index contributed by atoms with van der Waals surface area (Å²) in [5.74, 6) is 0. The van der Waals surface area contributed by atoms with E-state index in [-0.39, 0.29) is 11.6 Å². The molecule has 0 aliphatic heterocycles. The van der Waals surface area contributed by atoms with E-state index in [9.17, 15) is 4.79 Å². The average molecular weight is 296 g/mol. The molecule has 3 nitrogen and oxygen atoms in total. The molecule has 3 heteroatoms. The van der Waals surface area contributed by atoms with Crippen molar-refractivity contribution in [2.24, 2.45) is 5.73 Å². The normalized spacial score (nSPS) is 17.4. The van der Waals surface area contributed by atoms with Gasteiger partial charge in [-0.15, -0.1) is 0 Å². The second kappa shape index (κ2) is 6.49. The predicted molar refractivity (Wildman–Crippen MR) is 90.0 cm³/mol. The summed E-state index contributed by atoms with van der Waals surface area (Å²) in [5.41, 5.74) is 9.16. The lowest BCUT2D eigenvalue weighted by atomic mass is 9.94. The highest BCUT2D eigenvalue weighted by atomic mass is 16.1. The van der Waals surface area contributed by atoms with Crippen LogP contribution in [0.25, 0.3) is 0 Å². The van der Waals surface area contributed by atoms with Gasteiger partial charge in [0.25, 0.3) is 5.56 Å². The highest BCUT2D eigenvalue weighted by Gasteiger charge is 2.21. The molecule has 1 aromatic heterocycles. The fourth-order valence-electron chi connectivity index (χ4n) is 3.53. The van der Waals surface area contributed by atoms with E-state index in [2.05, 4.69) is 0 Å². The third-order valence-electron chi connectivity index (χ3n) is 4.78. The minimum absolute atomic E-state index is 0.0863. The molecule has 2 aromatic rings. The third kappa shape index (κ3) is 2.86. The molecule has 1 fully saturated rings. The highest BCUT2D eigenvalue weighted by molar-refractivity contribution is 5.30. The van der Waals surface area contributed by atoms with E-state index >= 15 is 0 Å². The van der Waals surface area contributed by atoms with Gasteiger partial charge >= 0.3 is 0 Å². The summed E-state index contributed by atoms with van der Waals surface area (Å²) in [4.78, 5) is 13.0. The van der Waals surface area contributed by atoms with Gasteiger partial charge in [0.05, 0.1) is 6.04 Å². The van der Waals surface area contributed by atoms with Crippen LogP contribution in [0, 0.1) is 6.92 Å². The van der Waals surface area contributed by atoms with Gasteiger partial charge in [-0.2, -0.15) is 0 Å². The van der Waals surface area contributed by atoms with Crippen molar-refractivity contribution in [3.8, 4) is 0 Å². The molecule has 1 heterocycles. The SMILES string of the molecule is Cc1ccc(C(N)c2ccccc2)c(=O)n1C1CCCCC1. The molecular formula is C19H24N2O. The van der Waals surface area contributed by atoms with Crippen LogP contribution in [0.1, 0.15) is 61.0 Å². The van der Waals surface area contributed by atoms with Gasteiger partial charge in [-0.1, -0.05) is 49.6 Å². The number of nitrogens with two attached hydrogens (primary N) is 1. The van der Waals surface area contributed by atoms with Crippen LogP contribution in [0.3, 0.4) is 0 Å². The van der Waals surface area contributed by atoms with Crippen molar-refractivity contribution < 1.29 is 0 Å². The second-order valence-corrected chi connectivity index (χ2v) is 6.29. The molecule has 2 N–H and O–H groups in total. The Balaban J connectivity index is 2.01. The standard InChI is InChI=1S/C19H24N2O/c1-14-12-13-17(18(20)15-8-4-2-5-9-15)19(22)21(14)16-10-6-3-7-11-16/h2,4-5,8-9,12-13,16,18H,3,6-7,10-11,20H2,1H3. The van der Waals surface area contributed by atoms with E-state index < -0.39 is 0 Å². The predicted octanol–water partition coefficient (Wildman–Crippen LogP) is 3.71. The summed E-state index contributed by atoms with van der Waals surface area (Å²) in [7, 11) is 0. The lowest BCUT2D eigenvalue weighted by Gasteiger charge is -2.27. The van der Waals surface area contributed by atoms with Crippen LogP contribution >= 0.6 is 0 Å². The van der Waals surface area contributed by atoms with E-state index in [1.807, 2.05) is 54.0 Å². The minimum Gasteiger partial charge on any atom is -0.320 e. The summed E-state index contributed by atoms with van der Waals surface area (Å²) < 4.78 is 1.98. The zero-order chi connectivity index (χ0) is 15.5. The van der Waals surface area contributed by atoms with Crippen LogP contribution < -0.4 is 11.3 Å². The lowest BCUT2D eigenvalue weighted by molar-refractivity contribution is 0.340. The van der Waals surface area contributed by atoms with Crippen LogP contribution in [0.15, 0.2) is 47.3 Å². The number of aromatic nitrogens is 1. The smallest absolute Gasteiger partial charge is 0.256 e. The van der Waals surface area contributed by atoms with Crippen molar-refractivity contribution in [3.63, 3.8) is 0 Å². The summed E-state index contributed by atoms with van der Waals surface area (Å²) in [6.45, 7) is 2.02. The molecule has 0 saturated heterocycles. The summed E-state index contributed by atoms with van der Waals surface area (Å²) in [6.07, 6.45) is 5.92. The number of hydrogen-bond donors (Lipinski definition) is 1. The summed E-state index contributed by atoms with van der Waals surface area (Å²) in [6, 6.07) is 13.8. The van der Waals surface area contributed by atoms with Crippen molar-refractivity contribution >= 4 is 0 Å². The fraction of sp³-hybridized carbons (Fsp3) is 0.421.